The van der Waals surface area contributed by atoms with Gasteiger partial charge >= 0.3 is 0 Å². The van der Waals surface area contributed by atoms with Gasteiger partial charge in [0.15, 0.2) is 0 Å². The van der Waals surface area contributed by atoms with E-state index in [1.54, 1.807) is 6.07 Å². The zero-order valence-electron chi connectivity index (χ0n) is 8.73. The molecule has 1 fully saturated rings. The minimum absolute atomic E-state index is 0.0740. The first kappa shape index (κ1) is 10.5. The Morgan fingerprint density at radius 3 is 2.60 bits per heavy atom. The topological polar surface area (TPSA) is 55.5 Å². The van der Waals surface area contributed by atoms with E-state index in [9.17, 15) is 5.11 Å². The van der Waals surface area contributed by atoms with E-state index in [0.717, 1.165) is 31.6 Å². The van der Waals surface area contributed by atoms with Crippen molar-refractivity contribution in [2.24, 2.45) is 11.7 Å². The molecule has 3 N–H and O–H groups in total. The first-order chi connectivity index (χ1) is 7.29. The molecular formula is C12H17NO2. The van der Waals surface area contributed by atoms with Crippen LogP contribution < -0.4 is 5.73 Å². The van der Waals surface area contributed by atoms with Gasteiger partial charge in [0.2, 0.25) is 0 Å². The number of para-hydroxylation sites is 1. The summed E-state index contributed by atoms with van der Waals surface area (Å²) in [5.41, 5.74) is 7.01. The molecule has 15 heavy (non-hydrogen) atoms. The zero-order chi connectivity index (χ0) is 10.7. The Bertz CT molecular complexity index is 321. The van der Waals surface area contributed by atoms with E-state index >= 15 is 0 Å². The van der Waals surface area contributed by atoms with Crippen molar-refractivity contribution >= 4 is 0 Å². The Labute approximate surface area is 89.9 Å². The van der Waals surface area contributed by atoms with E-state index in [4.69, 9.17) is 10.5 Å². The summed E-state index contributed by atoms with van der Waals surface area (Å²) < 4.78 is 5.30. The van der Waals surface area contributed by atoms with Crippen molar-refractivity contribution < 1.29 is 9.84 Å². The highest BCUT2D eigenvalue weighted by Crippen LogP contribution is 2.32. The van der Waals surface area contributed by atoms with Gasteiger partial charge in [-0.25, -0.2) is 0 Å². The van der Waals surface area contributed by atoms with Crippen LogP contribution in [-0.2, 0) is 4.74 Å². The van der Waals surface area contributed by atoms with Crippen LogP contribution in [0.2, 0.25) is 0 Å². The number of aromatic hydroxyl groups is 1. The third-order valence-electron chi connectivity index (χ3n) is 3.07. The number of hydrogen-bond acceptors (Lipinski definition) is 3. The largest absolute Gasteiger partial charge is 0.508 e. The van der Waals surface area contributed by atoms with Crippen LogP contribution in [0.3, 0.4) is 0 Å². The number of phenolic OH excluding ortho intramolecular Hbond substituents is 1. The minimum atomic E-state index is -0.0740. The molecule has 0 radical (unpaired) electrons. The minimum Gasteiger partial charge on any atom is -0.508 e. The molecule has 0 aromatic heterocycles. The van der Waals surface area contributed by atoms with E-state index in [2.05, 4.69) is 0 Å². The predicted octanol–water partition coefficient (Wildman–Crippen LogP) is 1.82. The van der Waals surface area contributed by atoms with Crippen LogP contribution in [0.25, 0.3) is 0 Å². The van der Waals surface area contributed by atoms with Crippen molar-refractivity contribution in [1.82, 2.24) is 0 Å². The summed E-state index contributed by atoms with van der Waals surface area (Å²) in [6.45, 7) is 1.57. The number of benzene rings is 1. The Morgan fingerprint density at radius 1 is 1.27 bits per heavy atom. The Balaban J connectivity index is 2.12. The molecule has 0 amide bonds. The summed E-state index contributed by atoms with van der Waals surface area (Å²) in [5.74, 6) is 0.726. The van der Waals surface area contributed by atoms with Crippen LogP contribution in [0, 0.1) is 5.92 Å². The van der Waals surface area contributed by atoms with Crippen LogP contribution in [0.15, 0.2) is 24.3 Å². The van der Waals surface area contributed by atoms with Gasteiger partial charge in [-0.15, -0.1) is 0 Å². The molecular weight excluding hydrogens is 190 g/mol. The molecule has 0 spiro atoms. The third kappa shape index (κ3) is 2.30. The lowest BCUT2D eigenvalue weighted by Crippen LogP contribution is -2.27. The Morgan fingerprint density at radius 2 is 1.93 bits per heavy atom. The van der Waals surface area contributed by atoms with Crippen LogP contribution in [0.5, 0.6) is 5.75 Å². The molecule has 0 aliphatic carbocycles. The summed E-state index contributed by atoms with van der Waals surface area (Å²) in [4.78, 5) is 0. The lowest BCUT2D eigenvalue weighted by atomic mass is 9.87. The lowest BCUT2D eigenvalue weighted by Gasteiger charge is -2.28. The van der Waals surface area contributed by atoms with Crippen LogP contribution >= 0.6 is 0 Å². The fourth-order valence-corrected chi connectivity index (χ4v) is 2.10. The number of phenols is 1. The van der Waals surface area contributed by atoms with Gasteiger partial charge in [-0.1, -0.05) is 18.2 Å². The van der Waals surface area contributed by atoms with Gasteiger partial charge in [-0.3, -0.25) is 0 Å². The van der Waals surface area contributed by atoms with Crippen LogP contribution in [0.4, 0.5) is 0 Å². The molecule has 3 nitrogen and oxygen atoms in total. The second-order valence-electron chi connectivity index (χ2n) is 4.03. The number of hydrogen-bond donors (Lipinski definition) is 2. The molecule has 0 saturated carbocycles. The molecule has 1 aliphatic rings. The monoisotopic (exact) mass is 207 g/mol. The molecule has 1 heterocycles. The molecule has 2 rings (SSSR count). The Hall–Kier alpha value is -1.06. The van der Waals surface area contributed by atoms with Gasteiger partial charge in [-0.2, -0.15) is 0 Å². The number of rotatable bonds is 2. The molecule has 1 atom stereocenters. The predicted molar refractivity (Wildman–Crippen MR) is 58.6 cm³/mol. The molecule has 3 heteroatoms. The van der Waals surface area contributed by atoms with Crippen LogP contribution in [0.1, 0.15) is 24.4 Å². The van der Waals surface area contributed by atoms with Crippen molar-refractivity contribution in [3.63, 3.8) is 0 Å². The fraction of sp³-hybridized carbons (Fsp3) is 0.500. The summed E-state index contributed by atoms with van der Waals surface area (Å²) in [7, 11) is 0. The summed E-state index contributed by atoms with van der Waals surface area (Å²) in [5, 5.41) is 9.70. The highest BCUT2D eigenvalue weighted by Gasteiger charge is 2.23. The molecule has 82 valence electrons. The fourth-order valence-electron chi connectivity index (χ4n) is 2.10. The molecule has 1 aromatic carbocycles. The molecule has 1 saturated heterocycles. The van der Waals surface area contributed by atoms with E-state index in [1.165, 1.54) is 0 Å². The maximum atomic E-state index is 9.70. The zero-order valence-corrected chi connectivity index (χ0v) is 8.73. The molecule has 1 aliphatic heterocycles. The highest BCUT2D eigenvalue weighted by atomic mass is 16.5. The van der Waals surface area contributed by atoms with Crippen molar-refractivity contribution in [1.29, 1.82) is 0 Å². The average Bonchev–Trinajstić information content (AvgIpc) is 2.30. The van der Waals surface area contributed by atoms with Gasteiger partial charge in [0.1, 0.15) is 5.75 Å². The van der Waals surface area contributed by atoms with Crippen molar-refractivity contribution in [2.45, 2.75) is 18.9 Å². The normalized spacial score (nSPS) is 20.1. The lowest BCUT2D eigenvalue weighted by molar-refractivity contribution is 0.0581. The van der Waals surface area contributed by atoms with E-state index in [0.29, 0.717) is 11.7 Å². The maximum Gasteiger partial charge on any atom is 0.120 e. The molecule has 0 bridgehead atoms. The smallest absolute Gasteiger partial charge is 0.120 e. The van der Waals surface area contributed by atoms with E-state index in [1.807, 2.05) is 18.2 Å². The van der Waals surface area contributed by atoms with Crippen LogP contribution in [-0.4, -0.2) is 18.3 Å². The molecule has 0 unspecified atom stereocenters. The molecule has 1 aromatic rings. The van der Waals surface area contributed by atoms with Gasteiger partial charge in [0, 0.05) is 24.8 Å². The second kappa shape index (κ2) is 4.64. The quantitative estimate of drug-likeness (QED) is 0.777. The maximum absolute atomic E-state index is 9.70. The van der Waals surface area contributed by atoms with E-state index < -0.39 is 0 Å². The van der Waals surface area contributed by atoms with Gasteiger partial charge < -0.3 is 15.6 Å². The Kier molecular flexibility index (Phi) is 3.23. The number of ether oxygens (including phenoxy) is 1. The van der Waals surface area contributed by atoms with E-state index in [-0.39, 0.29) is 6.04 Å². The van der Waals surface area contributed by atoms with Crippen molar-refractivity contribution in [3.8, 4) is 5.75 Å². The summed E-state index contributed by atoms with van der Waals surface area (Å²) in [6, 6.07) is 7.24. The van der Waals surface area contributed by atoms with Gasteiger partial charge in [0.05, 0.1) is 0 Å². The first-order valence-electron chi connectivity index (χ1n) is 5.40. The highest BCUT2D eigenvalue weighted by molar-refractivity contribution is 5.34. The van der Waals surface area contributed by atoms with Crippen molar-refractivity contribution in [3.05, 3.63) is 29.8 Å². The van der Waals surface area contributed by atoms with Gasteiger partial charge in [0.25, 0.3) is 0 Å². The summed E-state index contributed by atoms with van der Waals surface area (Å²) in [6.07, 6.45) is 1.96. The number of nitrogens with two attached hydrogens (primary N) is 1. The van der Waals surface area contributed by atoms with Crippen molar-refractivity contribution in [2.75, 3.05) is 13.2 Å². The third-order valence-corrected chi connectivity index (χ3v) is 3.07. The average molecular weight is 207 g/mol. The second-order valence-corrected chi connectivity index (χ2v) is 4.03. The van der Waals surface area contributed by atoms with Gasteiger partial charge in [-0.05, 0) is 24.8 Å². The standard InChI is InChI=1S/C12H17NO2/c13-12(9-5-7-15-8-6-9)10-3-1-2-4-11(10)14/h1-4,9,12,14H,5-8,13H2/t12-/m0/s1. The first-order valence-corrected chi connectivity index (χ1v) is 5.40. The summed E-state index contributed by atoms with van der Waals surface area (Å²) >= 11 is 0. The SMILES string of the molecule is N[C@H](c1ccccc1O)C1CCOCC1.